The van der Waals surface area contributed by atoms with Crippen LogP contribution in [0.4, 0.5) is 0 Å². The van der Waals surface area contributed by atoms with Crippen molar-refractivity contribution in [1.29, 1.82) is 0 Å². The quantitative estimate of drug-likeness (QED) is 0.257. The van der Waals surface area contributed by atoms with E-state index < -0.39 is 17.9 Å². The van der Waals surface area contributed by atoms with Crippen molar-refractivity contribution in [3.63, 3.8) is 0 Å². The van der Waals surface area contributed by atoms with Gasteiger partial charge < -0.3 is 10.1 Å². The fourth-order valence-corrected chi connectivity index (χ4v) is 3.79. The average molecular weight is 533 g/mol. The number of carbonyl (C=O) groups excluding carboxylic acids is 2. The van der Waals surface area contributed by atoms with E-state index in [9.17, 15) is 9.59 Å². The molecule has 2 N–H and O–H groups in total. The van der Waals surface area contributed by atoms with Gasteiger partial charge in [0.1, 0.15) is 18.4 Å². The molecule has 3 aromatic carbocycles. The van der Waals surface area contributed by atoms with Gasteiger partial charge in [-0.15, -0.1) is 0 Å². The summed E-state index contributed by atoms with van der Waals surface area (Å²) in [5.41, 5.74) is 4.24. The Kier molecular flexibility index (Phi) is 9.55. The van der Waals surface area contributed by atoms with Crippen LogP contribution in [0.1, 0.15) is 35.3 Å². The van der Waals surface area contributed by atoms with Gasteiger partial charge in [0.2, 0.25) is 0 Å². The minimum absolute atomic E-state index is 0.195. The summed E-state index contributed by atoms with van der Waals surface area (Å²) in [6, 6.07) is 18.2. The molecule has 0 saturated carbocycles. The van der Waals surface area contributed by atoms with Gasteiger partial charge in [0.15, 0.2) is 0 Å². The van der Waals surface area contributed by atoms with Crippen molar-refractivity contribution in [2.24, 2.45) is 11.0 Å². The van der Waals surface area contributed by atoms with Crippen molar-refractivity contribution in [2.75, 3.05) is 0 Å². The third-order valence-corrected chi connectivity index (χ3v) is 5.79. The molecule has 0 aliphatic rings. The molecule has 3 rings (SSSR count). The number of nitrogens with one attached hydrogen (secondary N) is 2. The number of amides is 2. The maximum Gasteiger partial charge on any atom is 0.262 e. The van der Waals surface area contributed by atoms with Gasteiger partial charge >= 0.3 is 0 Å². The molecule has 0 fully saturated rings. The maximum absolute atomic E-state index is 12.8. The minimum Gasteiger partial charge on any atom is -0.488 e. The van der Waals surface area contributed by atoms with Crippen LogP contribution in [-0.2, 0) is 11.4 Å². The first-order chi connectivity index (χ1) is 16.7. The zero-order valence-electron chi connectivity index (χ0n) is 19.1. The lowest BCUT2D eigenvalue weighted by molar-refractivity contribution is -0.123. The van der Waals surface area contributed by atoms with Gasteiger partial charge in [-0.3, -0.25) is 9.59 Å². The second-order valence-electron chi connectivity index (χ2n) is 8.01. The summed E-state index contributed by atoms with van der Waals surface area (Å²) < 4.78 is 5.90. The molecule has 182 valence electrons. The molecular formula is C26H24Cl3N3O3. The highest BCUT2D eigenvalue weighted by molar-refractivity contribution is 6.34. The normalized spacial score (nSPS) is 11.9. The predicted molar refractivity (Wildman–Crippen MR) is 141 cm³/mol. The Hall–Kier alpha value is -3.06. The molecular weight excluding hydrogens is 509 g/mol. The van der Waals surface area contributed by atoms with Gasteiger partial charge in [0.05, 0.1) is 16.8 Å². The van der Waals surface area contributed by atoms with Crippen LogP contribution in [0, 0.1) is 5.92 Å². The lowest BCUT2D eigenvalue weighted by atomic mass is 10.0. The number of nitrogens with zero attached hydrogens (tertiary/aromatic N) is 1. The van der Waals surface area contributed by atoms with E-state index in [2.05, 4.69) is 15.8 Å². The molecule has 0 aromatic heterocycles. The molecule has 35 heavy (non-hydrogen) atoms. The highest BCUT2D eigenvalue weighted by atomic mass is 35.5. The third kappa shape index (κ3) is 7.72. The number of hydrogen-bond acceptors (Lipinski definition) is 4. The summed E-state index contributed by atoms with van der Waals surface area (Å²) >= 11 is 18.3. The first-order valence-corrected chi connectivity index (χ1v) is 11.9. The monoisotopic (exact) mass is 531 g/mol. The number of hydrazone groups is 1. The Labute approximate surface area is 219 Å². The van der Waals surface area contributed by atoms with E-state index in [0.717, 1.165) is 5.56 Å². The largest absolute Gasteiger partial charge is 0.488 e. The zero-order valence-corrected chi connectivity index (χ0v) is 21.4. The lowest BCUT2D eigenvalue weighted by Crippen LogP contribution is -2.48. The van der Waals surface area contributed by atoms with E-state index >= 15 is 0 Å². The summed E-state index contributed by atoms with van der Waals surface area (Å²) in [5, 5.41) is 8.18. The summed E-state index contributed by atoms with van der Waals surface area (Å²) in [7, 11) is 0. The standard InChI is InChI=1S/C26H24Cl3N3O3/c1-16(2)24(31-25(33)21-8-3-4-9-22(21)29)26(34)32-30-14-18-13-20(28)10-11-23(18)35-15-17-6-5-7-19(27)12-17/h3-14,16,24H,15H2,1-2H3,(H,31,33)(H,32,34). The molecule has 0 aliphatic carbocycles. The Morgan fingerprint density at radius 2 is 1.71 bits per heavy atom. The van der Waals surface area contributed by atoms with Crippen LogP contribution < -0.4 is 15.5 Å². The summed E-state index contributed by atoms with van der Waals surface area (Å²) in [4.78, 5) is 25.4. The molecule has 9 heteroatoms. The Balaban J connectivity index is 1.67. The van der Waals surface area contributed by atoms with Gasteiger partial charge in [0.25, 0.3) is 11.8 Å². The van der Waals surface area contributed by atoms with Gasteiger partial charge in [-0.25, -0.2) is 5.43 Å². The molecule has 0 heterocycles. The predicted octanol–water partition coefficient (Wildman–Crippen LogP) is 6.13. The van der Waals surface area contributed by atoms with Gasteiger partial charge in [-0.05, 0) is 53.9 Å². The highest BCUT2D eigenvalue weighted by Gasteiger charge is 2.25. The van der Waals surface area contributed by atoms with E-state index in [1.165, 1.54) is 6.21 Å². The summed E-state index contributed by atoms with van der Waals surface area (Å²) in [5.74, 6) is -0.584. The van der Waals surface area contributed by atoms with Crippen molar-refractivity contribution in [2.45, 2.75) is 26.5 Å². The second kappa shape index (κ2) is 12.6. The molecule has 3 aromatic rings. The molecule has 0 saturated heterocycles. The number of carbonyl (C=O) groups is 2. The molecule has 1 atom stereocenters. The summed E-state index contributed by atoms with van der Waals surface area (Å²) in [6.07, 6.45) is 1.43. The number of halogens is 3. The Morgan fingerprint density at radius 1 is 0.971 bits per heavy atom. The topological polar surface area (TPSA) is 79.8 Å². The van der Waals surface area contributed by atoms with Crippen LogP contribution in [-0.4, -0.2) is 24.1 Å². The number of rotatable bonds is 9. The van der Waals surface area contributed by atoms with E-state index in [4.69, 9.17) is 39.5 Å². The smallest absolute Gasteiger partial charge is 0.262 e. The molecule has 2 amide bonds. The number of hydrogen-bond donors (Lipinski definition) is 2. The van der Waals surface area contributed by atoms with Gasteiger partial charge in [-0.1, -0.05) is 72.9 Å². The SMILES string of the molecule is CC(C)C(NC(=O)c1ccccc1Cl)C(=O)NN=Cc1cc(Cl)ccc1OCc1cccc(Cl)c1. The zero-order chi connectivity index (χ0) is 25.4. The van der Waals surface area contributed by atoms with E-state index in [1.807, 2.05) is 32.0 Å². The Bertz CT molecular complexity index is 1230. The van der Waals surface area contributed by atoms with Crippen molar-refractivity contribution >= 4 is 52.8 Å². The van der Waals surface area contributed by atoms with E-state index in [1.54, 1.807) is 48.5 Å². The highest BCUT2D eigenvalue weighted by Crippen LogP contribution is 2.23. The van der Waals surface area contributed by atoms with Crippen LogP contribution in [0.25, 0.3) is 0 Å². The molecule has 0 aliphatic heterocycles. The number of benzene rings is 3. The summed E-state index contributed by atoms with van der Waals surface area (Å²) in [6.45, 7) is 3.93. The fourth-order valence-electron chi connectivity index (χ4n) is 3.17. The van der Waals surface area contributed by atoms with Crippen molar-refractivity contribution < 1.29 is 14.3 Å². The second-order valence-corrected chi connectivity index (χ2v) is 9.29. The fraction of sp³-hybridized carbons (Fsp3) is 0.192. The Morgan fingerprint density at radius 3 is 2.43 bits per heavy atom. The van der Waals surface area contributed by atoms with Crippen molar-refractivity contribution in [3.05, 3.63) is 98.5 Å². The number of ether oxygens (including phenoxy) is 1. The molecule has 0 spiro atoms. The van der Waals surface area contributed by atoms with Crippen LogP contribution in [0.5, 0.6) is 5.75 Å². The molecule has 0 radical (unpaired) electrons. The van der Waals surface area contributed by atoms with E-state index in [-0.39, 0.29) is 11.5 Å². The van der Waals surface area contributed by atoms with E-state index in [0.29, 0.717) is 33.0 Å². The van der Waals surface area contributed by atoms with Crippen molar-refractivity contribution in [1.82, 2.24) is 10.7 Å². The first kappa shape index (κ1) is 26.5. The van der Waals surface area contributed by atoms with Crippen LogP contribution in [0.2, 0.25) is 15.1 Å². The maximum atomic E-state index is 12.8. The molecule has 1 unspecified atom stereocenters. The van der Waals surface area contributed by atoms with Gasteiger partial charge in [0, 0.05) is 15.6 Å². The van der Waals surface area contributed by atoms with Crippen LogP contribution >= 0.6 is 34.8 Å². The molecule has 6 nitrogen and oxygen atoms in total. The van der Waals surface area contributed by atoms with Gasteiger partial charge in [-0.2, -0.15) is 5.10 Å². The van der Waals surface area contributed by atoms with Crippen LogP contribution in [0.3, 0.4) is 0 Å². The molecule has 0 bridgehead atoms. The van der Waals surface area contributed by atoms with Crippen molar-refractivity contribution in [3.8, 4) is 5.75 Å². The van der Waals surface area contributed by atoms with Crippen LogP contribution in [0.15, 0.2) is 71.8 Å². The minimum atomic E-state index is -0.825. The third-order valence-electron chi connectivity index (χ3n) is 4.99. The average Bonchev–Trinajstić information content (AvgIpc) is 2.82. The lowest BCUT2D eigenvalue weighted by Gasteiger charge is -2.20. The first-order valence-electron chi connectivity index (χ1n) is 10.8.